The minimum Gasteiger partial charge on any atom is -0.493 e. The highest BCUT2D eigenvalue weighted by molar-refractivity contribution is 5.73. The van der Waals surface area contributed by atoms with Crippen molar-refractivity contribution in [3.05, 3.63) is 33.9 Å². The van der Waals surface area contributed by atoms with Gasteiger partial charge in [-0.15, -0.1) is 0 Å². The van der Waals surface area contributed by atoms with Crippen molar-refractivity contribution in [2.45, 2.75) is 13.3 Å². The molecule has 6 nitrogen and oxygen atoms in total. The topological polar surface area (TPSA) is 95.5 Å². The fourth-order valence-electron chi connectivity index (χ4n) is 1.19. The molecular weight excluding hydrogens is 212 g/mol. The molecule has 0 aliphatic carbocycles. The van der Waals surface area contributed by atoms with E-state index < -0.39 is 10.8 Å². The molecule has 1 aromatic carbocycles. The molecule has 0 aliphatic rings. The van der Waals surface area contributed by atoms with Crippen molar-refractivity contribution >= 4 is 11.6 Å². The third kappa shape index (κ3) is 3.23. The molecule has 0 atom stereocenters. The lowest BCUT2D eigenvalue weighted by atomic mass is 10.2. The van der Waals surface area contributed by atoms with Crippen LogP contribution in [0.5, 0.6) is 5.75 Å². The second kappa shape index (κ2) is 5.11. The van der Waals surface area contributed by atoms with Gasteiger partial charge in [0.1, 0.15) is 5.75 Å². The molecule has 0 radical (unpaired) electrons. The second-order valence-corrected chi connectivity index (χ2v) is 3.27. The van der Waals surface area contributed by atoms with Crippen molar-refractivity contribution in [3.8, 4) is 5.75 Å². The van der Waals surface area contributed by atoms with Crippen LogP contribution in [-0.2, 0) is 4.79 Å². The van der Waals surface area contributed by atoms with Crippen LogP contribution in [0.3, 0.4) is 0 Å². The Morgan fingerprint density at radius 2 is 2.25 bits per heavy atom. The van der Waals surface area contributed by atoms with Crippen LogP contribution in [0, 0.1) is 17.0 Å². The number of carbonyl (C=O) groups excluding carboxylic acids is 1. The number of nitrogens with two attached hydrogens (primary N) is 1. The van der Waals surface area contributed by atoms with Crippen LogP contribution >= 0.6 is 0 Å². The summed E-state index contributed by atoms with van der Waals surface area (Å²) < 4.78 is 5.21. The number of carbonyl (C=O) groups is 1. The quantitative estimate of drug-likeness (QED) is 0.599. The van der Waals surface area contributed by atoms with E-state index in [-0.39, 0.29) is 18.7 Å². The highest BCUT2D eigenvalue weighted by atomic mass is 16.6. The fourth-order valence-corrected chi connectivity index (χ4v) is 1.19. The number of ether oxygens (including phenoxy) is 1. The molecule has 0 unspecified atom stereocenters. The number of nitrogens with zero attached hydrogens (tertiary/aromatic N) is 1. The molecule has 6 heteroatoms. The molecule has 0 bridgehead atoms. The molecule has 0 fully saturated rings. The Morgan fingerprint density at radius 1 is 1.56 bits per heavy atom. The Kier molecular flexibility index (Phi) is 3.82. The largest absolute Gasteiger partial charge is 0.493 e. The summed E-state index contributed by atoms with van der Waals surface area (Å²) in [5.74, 6) is 0.0444. The number of hydrogen-bond acceptors (Lipinski definition) is 4. The average molecular weight is 224 g/mol. The van der Waals surface area contributed by atoms with E-state index in [4.69, 9.17) is 10.5 Å². The first kappa shape index (κ1) is 12.0. The Morgan fingerprint density at radius 3 is 2.75 bits per heavy atom. The summed E-state index contributed by atoms with van der Waals surface area (Å²) in [5.41, 5.74) is 5.50. The first-order chi connectivity index (χ1) is 7.50. The van der Waals surface area contributed by atoms with E-state index in [1.54, 1.807) is 13.0 Å². The van der Waals surface area contributed by atoms with E-state index in [2.05, 4.69) is 0 Å². The third-order valence-corrected chi connectivity index (χ3v) is 1.98. The van der Waals surface area contributed by atoms with Crippen LogP contribution in [0.2, 0.25) is 0 Å². The standard InChI is InChI=1S/C10H12N2O4/c1-7-6-8(16-5-4-10(11)13)2-3-9(7)12(14)15/h2-3,6H,4-5H2,1H3,(H2,11,13). The molecule has 0 aromatic heterocycles. The summed E-state index contributed by atoms with van der Waals surface area (Å²) in [4.78, 5) is 20.5. The smallest absolute Gasteiger partial charge is 0.272 e. The van der Waals surface area contributed by atoms with Gasteiger partial charge in [-0.3, -0.25) is 14.9 Å². The second-order valence-electron chi connectivity index (χ2n) is 3.27. The molecule has 1 rings (SSSR count). The summed E-state index contributed by atoms with van der Waals surface area (Å²) >= 11 is 0. The van der Waals surface area contributed by atoms with Gasteiger partial charge in [0.2, 0.25) is 5.91 Å². The van der Waals surface area contributed by atoms with Crippen LogP contribution in [-0.4, -0.2) is 17.4 Å². The molecule has 0 saturated heterocycles. The minimum absolute atomic E-state index is 0.0438. The van der Waals surface area contributed by atoms with Crippen molar-refractivity contribution in [2.24, 2.45) is 5.73 Å². The lowest BCUT2D eigenvalue weighted by Crippen LogP contribution is -2.14. The van der Waals surface area contributed by atoms with Gasteiger partial charge < -0.3 is 10.5 Å². The maximum Gasteiger partial charge on any atom is 0.272 e. The van der Waals surface area contributed by atoms with Crippen molar-refractivity contribution in [1.82, 2.24) is 0 Å². The number of nitro benzene ring substituents is 1. The van der Waals surface area contributed by atoms with Crippen LogP contribution in [0.15, 0.2) is 18.2 Å². The Labute approximate surface area is 92.2 Å². The lowest BCUT2D eigenvalue weighted by molar-refractivity contribution is -0.385. The van der Waals surface area contributed by atoms with Gasteiger partial charge in [0.05, 0.1) is 18.0 Å². The summed E-state index contributed by atoms with van der Waals surface area (Å²) in [7, 11) is 0. The van der Waals surface area contributed by atoms with Gasteiger partial charge in [0.15, 0.2) is 0 Å². The monoisotopic (exact) mass is 224 g/mol. The van der Waals surface area contributed by atoms with Crippen molar-refractivity contribution in [1.29, 1.82) is 0 Å². The van der Waals surface area contributed by atoms with Crippen LogP contribution < -0.4 is 10.5 Å². The van der Waals surface area contributed by atoms with E-state index in [9.17, 15) is 14.9 Å². The van der Waals surface area contributed by atoms with Crippen molar-refractivity contribution in [2.75, 3.05) is 6.61 Å². The predicted octanol–water partition coefficient (Wildman–Crippen LogP) is 1.16. The predicted molar refractivity (Wildman–Crippen MR) is 57.1 cm³/mol. The normalized spacial score (nSPS) is 9.81. The summed E-state index contributed by atoms with van der Waals surface area (Å²) in [6.07, 6.45) is 0.121. The zero-order chi connectivity index (χ0) is 12.1. The Hall–Kier alpha value is -2.11. The van der Waals surface area contributed by atoms with Gasteiger partial charge in [-0.1, -0.05) is 0 Å². The lowest BCUT2D eigenvalue weighted by Gasteiger charge is -2.05. The van der Waals surface area contributed by atoms with Gasteiger partial charge in [0, 0.05) is 11.6 Å². The third-order valence-electron chi connectivity index (χ3n) is 1.98. The van der Waals surface area contributed by atoms with E-state index in [1.807, 2.05) is 0 Å². The van der Waals surface area contributed by atoms with Crippen LogP contribution in [0.4, 0.5) is 5.69 Å². The number of aryl methyl sites for hydroxylation is 1. The molecule has 1 amide bonds. The number of benzene rings is 1. The van der Waals surface area contributed by atoms with Gasteiger partial charge in [0.25, 0.3) is 5.69 Å². The average Bonchev–Trinajstić information content (AvgIpc) is 2.16. The van der Waals surface area contributed by atoms with E-state index >= 15 is 0 Å². The van der Waals surface area contributed by atoms with Gasteiger partial charge in [-0.05, 0) is 19.1 Å². The van der Waals surface area contributed by atoms with Gasteiger partial charge >= 0.3 is 0 Å². The molecule has 0 heterocycles. The highest BCUT2D eigenvalue weighted by Crippen LogP contribution is 2.22. The molecule has 86 valence electrons. The number of primary amides is 1. The Bertz CT molecular complexity index is 417. The molecule has 16 heavy (non-hydrogen) atoms. The first-order valence-corrected chi connectivity index (χ1v) is 4.67. The van der Waals surface area contributed by atoms with Crippen molar-refractivity contribution in [3.63, 3.8) is 0 Å². The van der Waals surface area contributed by atoms with Crippen LogP contribution in [0.25, 0.3) is 0 Å². The molecule has 0 saturated carbocycles. The fraction of sp³-hybridized carbons (Fsp3) is 0.300. The first-order valence-electron chi connectivity index (χ1n) is 4.67. The number of hydrogen-bond donors (Lipinski definition) is 1. The SMILES string of the molecule is Cc1cc(OCCC(N)=O)ccc1[N+](=O)[O-]. The zero-order valence-electron chi connectivity index (χ0n) is 8.80. The Balaban J connectivity index is 2.66. The van der Waals surface area contributed by atoms with Gasteiger partial charge in [-0.25, -0.2) is 0 Å². The molecule has 1 aromatic rings. The van der Waals surface area contributed by atoms with E-state index in [0.29, 0.717) is 11.3 Å². The van der Waals surface area contributed by atoms with Crippen molar-refractivity contribution < 1.29 is 14.5 Å². The van der Waals surface area contributed by atoms with E-state index in [1.165, 1.54) is 12.1 Å². The summed E-state index contributed by atoms with van der Waals surface area (Å²) in [5, 5.41) is 10.5. The zero-order valence-corrected chi connectivity index (χ0v) is 8.80. The number of rotatable bonds is 5. The number of nitro groups is 1. The summed E-state index contributed by atoms with van der Waals surface area (Å²) in [6, 6.07) is 4.42. The summed E-state index contributed by atoms with van der Waals surface area (Å²) in [6.45, 7) is 1.80. The molecule has 0 spiro atoms. The minimum atomic E-state index is -0.456. The maximum absolute atomic E-state index is 10.5. The van der Waals surface area contributed by atoms with E-state index in [0.717, 1.165) is 0 Å². The number of amides is 1. The molecule has 2 N–H and O–H groups in total. The maximum atomic E-state index is 10.5. The van der Waals surface area contributed by atoms with Gasteiger partial charge in [-0.2, -0.15) is 0 Å². The molecule has 0 aliphatic heterocycles. The van der Waals surface area contributed by atoms with Crippen LogP contribution in [0.1, 0.15) is 12.0 Å². The highest BCUT2D eigenvalue weighted by Gasteiger charge is 2.10. The molecular formula is C10H12N2O4.